The number of nitrogens with zero attached hydrogens (tertiary/aromatic N) is 3. The van der Waals surface area contributed by atoms with E-state index in [4.69, 9.17) is 14.7 Å². The normalized spacial score (nSPS) is 19.8. The first kappa shape index (κ1) is 23.2. The van der Waals surface area contributed by atoms with Crippen molar-refractivity contribution in [2.24, 2.45) is 0 Å². The number of ether oxygens (including phenoxy) is 1. The standard InChI is InChI=1S/C25H36N4O2/c1-18-10-7-14-26-22(18)20-12-6-13-21(23-19(2)11-8-15-27-23)29(20)17-9-16-28-24(30)31-25(3,4)5/h7-8,10-11,14-15,20-21H,6,9,12-13,16-17H2,1-5H3,(H,28,30)/t20-,21+. The number of hydrogen-bond acceptors (Lipinski definition) is 5. The summed E-state index contributed by atoms with van der Waals surface area (Å²) in [6.07, 6.45) is 7.57. The molecule has 0 aliphatic carbocycles. The molecular formula is C25H36N4O2. The number of carbonyl (C=O) groups is 1. The Bertz CT molecular complexity index is 824. The van der Waals surface area contributed by atoms with E-state index in [-0.39, 0.29) is 18.2 Å². The fourth-order valence-electron chi connectivity index (χ4n) is 4.41. The summed E-state index contributed by atoms with van der Waals surface area (Å²) >= 11 is 0. The second-order valence-electron chi connectivity index (χ2n) is 9.39. The van der Waals surface area contributed by atoms with Crippen LogP contribution in [0.25, 0.3) is 0 Å². The van der Waals surface area contributed by atoms with Crippen LogP contribution in [0.4, 0.5) is 4.79 Å². The maximum Gasteiger partial charge on any atom is 0.407 e. The van der Waals surface area contributed by atoms with E-state index in [1.807, 2.05) is 45.3 Å². The van der Waals surface area contributed by atoms with Gasteiger partial charge in [0.15, 0.2) is 0 Å². The molecule has 0 spiro atoms. The predicted octanol–water partition coefficient (Wildman–Crippen LogP) is 5.28. The molecule has 168 valence electrons. The third-order valence-electron chi connectivity index (χ3n) is 5.75. The molecule has 1 aliphatic heterocycles. The third kappa shape index (κ3) is 6.26. The van der Waals surface area contributed by atoms with E-state index >= 15 is 0 Å². The Labute approximate surface area is 186 Å². The number of carbonyl (C=O) groups excluding carboxylic acids is 1. The smallest absolute Gasteiger partial charge is 0.407 e. The van der Waals surface area contributed by atoms with Crippen LogP contribution in [0.15, 0.2) is 36.7 Å². The maximum absolute atomic E-state index is 12.0. The van der Waals surface area contributed by atoms with Crippen LogP contribution in [0.3, 0.4) is 0 Å². The zero-order valence-corrected chi connectivity index (χ0v) is 19.5. The molecule has 1 saturated heterocycles. The van der Waals surface area contributed by atoms with Crippen molar-refractivity contribution >= 4 is 6.09 Å². The van der Waals surface area contributed by atoms with Crippen molar-refractivity contribution < 1.29 is 9.53 Å². The van der Waals surface area contributed by atoms with Gasteiger partial charge in [-0.1, -0.05) is 12.1 Å². The van der Waals surface area contributed by atoms with Crippen molar-refractivity contribution in [2.45, 2.75) is 78.0 Å². The molecule has 1 aliphatic rings. The summed E-state index contributed by atoms with van der Waals surface area (Å²) in [7, 11) is 0. The molecule has 0 saturated carbocycles. The minimum atomic E-state index is -0.486. The summed E-state index contributed by atoms with van der Waals surface area (Å²) in [4.78, 5) is 24.0. The Morgan fingerprint density at radius 2 is 1.61 bits per heavy atom. The van der Waals surface area contributed by atoms with Crippen molar-refractivity contribution in [2.75, 3.05) is 13.1 Å². The Morgan fingerprint density at radius 1 is 1.06 bits per heavy atom. The number of pyridine rings is 2. The first-order chi connectivity index (χ1) is 14.8. The van der Waals surface area contributed by atoms with E-state index in [2.05, 4.69) is 36.2 Å². The van der Waals surface area contributed by atoms with Gasteiger partial charge in [0.1, 0.15) is 5.60 Å². The van der Waals surface area contributed by atoms with E-state index < -0.39 is 5.60 Å². The molecule has 3 rings (SSSR count). The molecule has 6 nitrogen and oxygen atoms in total. The minimum Gasteiger partial charge on any atom is -0.444 e. The van der Waals surface area contributed by atoms with Crippen LogP contribution in [0.5, 0.6) is 0 Å². The number of amides is 1. The molecule has 2 atom stereocenters. The zero-order chi connectivity index (χ0) is 22.4. The van der Waals surface area contributed by atoms with E-state index in [0.29, 0.717) is 6.54 Å². The number of aromatic nitrogens is 2. The van der Waals surface area contributed by atoms with Crippen molar-refractivity contribution in [3.05, 3.63) is 59.2 Å². The lowest BCUT2D eigenvalue weighted by molar-refractivity contribution is 0.0511. The van der Waals surface area contributed by atoms with Crippen molar-refractivity contribution in [3.8, 4) is 0 Å². The maximum atomic E-state index is 12.0. The van der Waals surface area contributed by atoms with E-state index in [9.17, 15) is 4.79 Å². The molecule has 0 unspecified atom stereocenters. The highest BCUT2D eigenvalue weighted by atomic mass is 16.6. The highest BCUT2D eigenvalue weighted by Gasteiger charge is 2.34. The lowest BCUT2D eigenvalue weighted by Crippen LogP contribution is -2.40. The van der Waals surface area contributed by atoms with Gasteiger partial charge in [0.25, 0.3) is 0 Å². The van der Waals surface area contributed by atoms with Crippen molar-refractivity contribution in [3.63, 3.8) is 0 Å². The van der Waals surface area contributed by atoms with E-state index in [1.54, 1.807) is 0 Å². The lowest BCUT2D eigenvalue weighted by atomic mass is 9.88. The van der Waals surface area contributed by atoms with E-state index in [0.717, 1.165) is 43.6 Å². The largest absolute Gasteiger partial charge is 0.444 e. The van der Waals surface area contributed by atoms with Gasteiger partial charge < -0.3 is 10.1 Å². The van der Waals surface area contributed by atoms with Crippen LogP contribution in [-0.4, -0.2) is 39.7 Å². The van der Waals surface area contributed by atoms with Gasteiger partial charge in [0.05, 0.1) is 23.5 Å². The number of rotatable bonds is 6. The van der Waals surface area contributed by atoms with Gasteiger partial charge in [-0.15, -0.1) is 0 Å². The van der Waals surface area contributed by atoms with Gasteiger partial charge in [0.2, 0.25) is 0 Å². The molecule has 0 radical (unpaired) electrons. The SMILES string of the molecule is Cc1cccnc1[C@H]1CCC[C@@H](c2ncccc2C)N1CCCNC(=O)OC(C)(C)C. The van der Waals surface area contributed by atoms with Gasteiger partial charge in [0, 0.05) is 25.5 Å². The highest BCUT2D eigenvalue weighted by molar-refractivity contribution is 5.67. The fraction of sp³-hybridized carbons (Fsp3) is 0.560. The molecule has 0 bridgehead atoms. The molecule has 6 heteroatoms. The summed E-state index contributed by atoms with van der Waals surface area (Å²) in [6, 6.07) is 8.78. The van der Waals surface area contributed by atoms with Gasteiger partial charge in [-0.05, 0) is 83.6 Å². The summed E-state index contributed by atoms with van der Waals surface area (Å²) in [5.41, 5.74) is 4.27. The second-order valence-corrected chi connectivity index (χ2v) is 9.39. The van der Waals surface area contributed by atoms with Crippen LogP contribution in [0, 0.1) is 13.8 Å². The van der Waals surface area contributed by atoms with Gasteiger partial charge in [-0.2, -0.15) is 0 Å². The summed E-state index contributed by atoms with van der Waals surface area (Å²) in [6.45, 7) is 11.3. The molecule has 2 aromatic heterocycles. The van der Waals surface area contributed by atoms with Crippen LogP contribution < -0.4 is 5.32 Å². The number of piperidine rings is 1. The quantitative estimate of drug-likeness (QED) is 0.639. The molecular weight excluding hydrogens is 388 g/mol. The Hall–Kier alpha value is -2.47. The number of aryl methyl sites for hydroxylation is 2. The molecule has 2 aromatic rings. The van der Waals surface area contributed by atoms with Crippen LogP contribution in [-0.2, 0) is 4.74 Å². The summed E-state index contributed by atoms with van der Waals surface area (Å²) in [5.74, 6) is 0. The number of hydrogen-bond donors (Lipinski definition) is 1. The summed E-state index contributed by atoms with van der Waals surface area (Å²) in [5, 5.41) is 2.89. The third-order valence-corrected chi connectivity index (χ3v) is 5.75. The molecule has 1 N–H and O–H groups in total. The second kappa shape index (κ2) is 10.2. The number of nitrogens with one attached hydrogen (secondary N) is 1. The topological polar surface area (TPSA) is 67.4 Å². The first-order valence-electron chi connectivity index (χ1n) is 11.3. The fourth-order valence-corrected chi connectivity index (χ4v) is 4.41. The van der Waals surface area contributed by atoms with Gasteiger partial charge in [-0.25, -0.2) is 4.79 Å². The van der Waals surface area contributed by atoms with Crippen molar-refractivity contribution in [1.82, 2.24) is 20.2 Å². The monoisotopic (exact) mass is 424 g/mol. The average molecular weight is 425 g/mol. The predicted molar refractivity (Wildman–Crippen MR) is 123 cm³/mol. The average Bonchev–Trinajstić information content (AvgIpc) is 2.71. The minimum absolute atomic E-state index is 0.253. The number of likely N-dealkylation sites (tertiary alicyclic amines) is 1. The zero-order valence-electron chi connectivity index (χ0n) is 19.5. The summed E-state index contributed by atoms with van der Waals surface area (Å²) < 4.78 is 5.36. The van der Waals surface area contributed by atoms with Crippen LogP contribution >= 0.6 is 0 Å². The molecule has 1 amide bonds. The molecule has 1 fully saturated rings. The van der Waals surface area contributed by atoms with Crippen LogP contribution in [0.1, 0.15) is 81.1 Å². The molecule has 3 heterocycles. The molecule has 0 aromatic carbocycles. The van der Waals surface area contributed by atoms with E-state index in [1.165, 1.54) is 11.1 Å². The number of alkyl carbamates (subject to hydrolysis) is 1. The Kier molecular flexibility index (Phi) is 7.65. The molecule has 31 heavy (non-hydrogen) atoms. The lowest BCUT2D eigenvalue weighted by Gasteiger charge is -2.42. The first-order valence-corrected chi connectivity index (χ1v) is 11.3. The van der Waals surface area contributed by atoms with Gasteiger partial charge in [-0.3, -0.25) is 14.9 Å². The Balaban J connectivity index is 1.76. The van der Waals surface area contributed by atoms with Crippen LogP contribution in [0.2, 0.25) is 0 Å². The highest BCUT2D eigenvalue weighted by Crippen LogP contribution is 2.41. The van der Waals surface area contributed by atoms with Crippen molar-refractivity contribution in [1.29, 1.82) is 0 Å². The Morgan fingerprint density at radius 3 is 2.10 bits per heavy atom. The van der Waals surface area contributed by atoms with Gasteiger partial charge >= 0.3 is 6.09 Å².